The van der Waals surface area contributed by atoms with Crippen LogP contribution in [-0.4, -0.2) is 4.57 Å². The zero-order chi connectivity index (χ0) is 32.3. The van der Waals surface area contributed by atoms with Crippen LogP contribution in [0, 0.1) is 0 Å². The molecule has 10 aromatic rings. The van der Waals surface area contributed by atoms with Gasteiger partial charge in [-0.25, -0.2) is 0 Å². The van der Waals surface area contributed by atoms with Gasteiger partial charge >= 0.3 is 0 Å². The number of benzene rings is 8. The maximum absolute atomic E-state index is 6.84. The normalized spacial score (nSPS) is 11.7. The number of aromatic nitrogens is 1. The monoisotopic (exact) mass is 626 g/mol. The molecule has 49 heavy (non-hydrogen) atoms. The summed E-state index contributed by atoms with van der Waals surface area (Å²) >= 11 is 0. The van der Waals surface area contributed by atoms with Gasteiger partial charge in [0.2, 0.25) is 0 Å². The topological polar surface area (TPSA) is 21.3 Å². The molecule has 0 N–H and O–H groups in total. The van der Waals surface area contributed by atoms with Gasteiger partial charge in [-0.2, -0.15) is 0 Å². The van der Waals surface area contributed by atoms with Crippen LogP contribution in [0.2, 0.25) is 0 Å². The summed E-state index contributed by atoms with van der Waals surface area (Å²) in [4.78, 5) is 2.34. The van der Waals surface area contributed by atoms with Crippen molar-refractivity contribution in [2.45, 2.75) is 0 Å². The molecular weight excluding hydrogens is 597 g/mol. The minimum absolute atomic E-state index is 0.889. The van der Waals surface area contributed by atoms with Crippen LogP contribution in [0.15, 0.2) is 186 Å². The fraction of sp³-hybridized carbons (Fsp3) is 0. The third kappa shape index (κ3) is 4.37. The summed E-state index contributed by atoms with van der Waals surface area (Å²) in [5.41, 5.74) is 10.7. The number of anilines is 3. The largest absolute Gasteiger partial charge is 0.455 e. The van der Waals surface area contributed by atoms with Crippen molar-refractivity contribution in [1.82, 2.24) is 4.57 Å². The molecule has 3 nitrogen and oxygen atoms in total. The maximum atomic E-state index is 6.84. The highest BCUT2D eigenvalue weighted by molar-refractivity contribution is 6.22. The molecule has 0 aliphatic rings. The summed E-state index contributed by atoms with van der Waals surface area (Å²) < 4.78 is 9.20. The predicted molar refractivity (Wildman–Crippen MR) is 206 cm³/mol. The summed E-state index contributed by atoms with van der Waals surface area (Å²) in [6, 6.07) is 64.8. The second-order valence-corrected chi connectivity index (χ2v) is 12.6. The van der Waals surface area contributed by atoms with Gasteiger partial charge in [-0.1, -0.05) is 109 Å². The molecule has 0 atom stereocenters. The summed E-state index contributed by atoms with van der Waals surface area (Å²) in [5, 5.41) is 7.06. The van der Waals surface area contributed by atoms with E-state index in [1.165, 1.54) is 32.6 Å². The van der Waals surface area contributed by atoms with Gasteiger partial charge in [0.05, 0.1) is 11.0 Å². The summed E-state index contributed by atoms with van der Waals surface area (Å²) in [7, 11) is 0. The molecule has 0 bridgehead atoms. The lowest BCUT2D eigenvalue weighted by Gasteiger charge is -2.26. The number of hydrogen-bond donors (Lipinski definition) is 0. The van der Waals surface area contributed by atoms with Crippen LogP contribution in [0.25, 0.3) is 71.3 Å². The molecule has 0 spiro atoms. The van der Waals surface area contributed by atoms with E-state index in [0.29, 0.717) is 0 Å². The van der Waals surface area contributed by atoms with Crippen molar-refractivity contribution < 1.29 is 4.42 Å². The van der Waals surface area contributed by atoms with E-state index in [2.05, 4.69) is 191 Å². The van der Waals surface area contributed by atoms with Crippen molar-refractivity contribution in [2.75, 3.05) is 4.90 Å². The zero-order valence-electron chi connectivity index (χ0n) is 26.6. The molecule has 0 saturated heterocycles. The van der Waals surface area contributed by atoms with E-state index in [1.54, 1.807) is 0 Å². The quantitative estimate of drug-likeness (QED) is 0.190. The molecule has 0 radical (unpaired) electrons. The van der Waals surface area contributed by atoms with Gasteiger partial charge in [0.1, 0.15) is 11.2 Å². The molecule has 0 amide bonds. The average molecular weight is 627 g/mol. The standard InChI is InChI=1S/C46H30N2O/c1-4-15-33(16-5-1)47(34-17-6-2-7-18-34)36-29-39(46-41(30-36)45-37-21-11-10-14-31(37)25-27-44(45)49-46)32-24-26-43-40(28-32)38-22-12-13-23-42(38)48(43)35-19-8-3-9-20-35/h1-30H. The number of rotatable bonds is 5. The third-order valence-corrected chi connectivity index (χ3v) is 9.73. The maximum Gasteiger partial charge on any atom is 0.143 e. The van der Waals surface area contributed by atoms with Gasteiger partial charge in [0, 0.05) is 49.9 Å². The van der Waals surface area contributed by atoms with Gasteiger partial charge in [0.25, 0.3) is 0 Å². The Balaban J connectivity index is 1.30. The van der Waals surface area contributed by atoms with Crippen LogP contribution in [0.3, 0.4) is 0 Å². The number of fused-ring (bicyclic) bond motifs is 8. The van der Waals surface area contributed by atoms with Crippen LogP contribution in [0.5, 0.6) is 0 Å². The predicted octanol–water partition coefficient (Wildman–Crippen LogP) is 13.0. The Morgan fingerprint density at radius 3 is 1.82 bits per heavy atom. The number of furan rings is 1. The lowest BCUT2D eigenvalue weighted by atomic mass is 9.97. The lowest BCUT2D eigenvalue weighted by molar-refractivity contribution is 0.670. The molecule has 3 heteroatoms. The van der Waals surface area contributed by atoms with Crippen LogP contribution >= 0.6 is 0 Å². The van der Waals surface area contributed by atoms with Crippen LogP contribution in [0.4, 0.5) is 17.1 Å². The fourth-order valence-corrected chi connectivity index (χ4v) is 7.57. The van der Waals surface area contributed by atoms with E-state index in [1.807, 2.05) is 0 Å². The molecule has 0 fully saturated rings. The first-order valence-electron chi connectivity index (χ1n) is 16.7. The highest BCUT2D eigenvalue weighted by Gasteiger charge is 2.21. The smallest absolute Gasteiger partial charge is 0.143 e. The van der Waals surface area contributed by atoms with Gasteiger partial charge in [-0.3, -0.25) is 0 Å². The van der Waals surface area contributed by atoms with E-state index < -0.39 is 0 Å². The summed E-state index contributed by atoms with van der Waals surface area (Å²) in [6.45, 7) is 0. The van der Waals surface area contributed by atoms with Crippen molar-refractivity contribution in [1.29, 1.82) is 0 Å². The highest BCUT2D eigenvalue weighted by Crippen LogP contribution is 2.45. The van der Waals surface area contributed by atoms with E-state index >= 15 is 0 Å². The molecule has 2 heterocycles. The number of hydrogen-bond acceptors (Lipinski definition) is 2. The molecule has 10 rings (SSSR count). The SMILES string of the molecule is c1ccc(N(c2ccccc2)c2cc(-c3ccc4c(c3)c3ccccc3n4-c3ccccc3)c3oc4ccc5ccccc5c4c3c2)cc1. The van der Waals surface area contributed by atoms with Crippen LogP contribution in [0.1, 0.15) is 0 Å². The Morgan fingerprint density at radius 1 is 0.429 bits per heavy atom. The van der Waals surface area contributed by atoms with Crippen molar-refractivity contribution in [3.63, 3.8) is 0 Å². The minimum atomic E-state index is 0.889. The molecule has 230 valence electrons. The van der Waals surface area contributed by atoms with Gasteiger partial charge in [-0.05, 0) is 89.1 Å². The second-order valence-electron chi connectivity index (χ2n) is 12.6. The van der Waals surface area contributed by atoms with Gasteiger partial charge < -0.3 is 13.9 Å². The minimum Gasteiger partial charge on any atom is -0.455 e. The van der Waals surface area contributed by atoms with Crippen molar-refractivity contribution >= 4 is 71.6 Å². The van der Waals surface area contributed by atoms with E-state index in [9.17, 15) is 0 Å². The second kappa shape index (κ2) is 11.0. The highest BCUT2D eigenvalue weighted by atomic mass is 16.3. The molecule has 0 unspecified atom stereocenters. The third-order valence-electron chi connectivity index (χ3n) is 9.73. The molecule has 0 saturated carbocycles. The Hall–Kier alpha value is -6.58. The molecular formula is C46H30N2O. The Morgan fingerprint density at radius 2 is 1.06 bits per heavy atom. The zero-order valence-corrected chi connectivity index (χ0v) is 26.6. The molecule has 0 aliphatic heterocycles. The lowest BCUT2D eigenvalue weighted by Crippen LogP contribution is -2.09. The first-order chi connectivity index (χ1) is 24.3. The van der Waals surface area contributed by atoms with E-state index in [4.69, 9.17) is 4.42 Å². The average Bonchev–Trinajstić information content (AvgIpc) is 3.72. The fourth-order valence-electron chi connectivity index (χ4n) is 7.57. The van der Waals surface area contributed by atoms with Crippen LogP contribution < -0.4 is 4.90 Å². The van der Waals surface area contributed by atoms with Gasteiger partial charge in [0.15, 0.2) is 0 Å². The van der Waals surface area contributed by atoms with Crippen molar-refractivity contribution in [3.8, 4) is 16.8 Å². The first-order valence-corrected chi connectivity index (χ1v) is 16.7. The molecule has 8 aromatic carbocycles. The number of nitrogens with zero attached hydrogens (tertiary/aromatic N) is 2. The molecule has 2 aromatic heterocycles. The Kier molecular flexibility index (Phi) is 6.18. The Bertz CT molecular complexity index is 2770. The Labute approximate surface area is 283 Å². The number of para-hydroxylation sites is 4. The van der Waals surface area contributed by atoms with Crippen LogP contribution in [-0.2, 0) is 0 Å². The van der Waals surface area contributed by atoms with E-state index in [0.717, 1.165) is 55.8 Å². The molecule has 0 aliphatic carbocycles. The summed E-state index contributed by atoms with van der Waals surface area (Å²) in [5.74, 6) is 0. The van der Waals surface area contributed by atoms with Gasteiger partial charge in [-0.15, -0.1) is 0 Å². The van der Waals surface area contributed by atoms with E-state index in [-0.39, 0.29) is 0 Å². The summed E-state index contributed by atoms with van der Waals surface area (Å²) in [6.07, 6.45) is 0. The van der Waals surface area contributed by atoms with Crippen molar-refractivity contribution in [2.24, 2.45) is 0 Å². The van der Waals surface area contributed by atoms with Crippen molar-refractivity contribution in [3.05, 3.63) is 182 Å². The first kappa shape index (κ1) is 27.5.